The highest BCUT2D eigenvalue weighted by molar-refractivity contribution is 5.96. The predicted octanol–water partition coefficient (Wildman–Crippen LogP) is 2.16. The summed E-state index contributed by atoms with van der Waals surface area (Å²) in [5, 5.41) is 7.33. The van der Waals surface area contributed by atoms with Crippen molar-refractivity contribution in [3.8, 4) is 0 Å². The van der Waals surface area contributed by atoms with E-state index in [-0.39, 0.29) is 11.8 Å². The molecule has 30 heavy (non-hydrogen) atoms. The van der Waals surface area contributed by atoms with Crippen molar-refractivity contribution < 1.29 is 14.0 Å². The van der Waals surface area contributed by atoms with E-state index in [2.05, 4.69) is 27.2 Å². The second kappa shape index (κ2) is 7.70. The Balaban J connectivity index is 1.28. The van der Waals surface area contributed by atoms with E-state index in [1.807, 2.05) is 23.1 Å². The molecule has 8 heteroatoms. The zero-order valence-corrected chi connectivity index (χ0v) is 16.6. The molecule has 5 rings (SSSR count). The number of para-hydroxylation sites is 1. The molecule has 0 radical (unpaired) electrons. The topological polar surface area (TPSA) is 85.7 Å². The van der Waals surface area contributed by atoms with E-state index in [1.54, 1.807) is 11.0 Å². The standard InChI is InChI=1S/C22H23N5O3/c28-21(16-7-13-30-15-16)27-8-6-19-18(14-27)20(24-23-19)22(29)26-11-9-25(10-12-26)17-4-2-1-3-5-17/h1-5,7,13,15H,6,8-12,14H2,(H,23,24). The number of nitrogens with zero attached hydrogens (tertiary/aromatic N) is 4. The molecule has 1 aromatic carbocycles. The van der Waals surface area contributed by atoms with Crippen LogP contribution in [-0.2, 0) is 13.0 Å². The van der Waals surface area contributed by atoms with Crippen LogP contribution in [0.25, 0.3) is 0 Å². The summed E-state index contributed by atoms with van der Waals surface area (Å²) in [6, 6.07) is 11.9. The van der Waals surface area contributed by atoms with Crippen molar-refractivity contribution in [2.75, 3.05) is 37.6 Å². The van der Waals surface area contributed by atoms with E-state index < -0.39 is 0 Å². The van der Waals surface area contributed by atoms with Gasteiger partial charge < -0.3 is 19.1 Å². The van der Waals surface area contributed by atoms with Gasteiger partial charge >= 0.3 is 0 Å². The summed E-state index contributed by atoms with van der Waals surface area (Å²) in [7, 11) is 0. The number of hydrogen-bond donors (Lipinski definition) is 1. The maximum Gasteiger partial charge on any atom is 0.274 e. The number of amides is 2. The Morgan fingerprint density at radius 1 is 0.933 bits per heavy atom. The second-order valence-corrected chi connectivity index (χ2v) is 7.63. The monoisotopic (exact) mass is 405 g/mol. The lowest BCUT2D eigenvalue weighted by molar-refractivity contribution is 0.0709. The number of nitrogens with one attached hydrogen (secondary N) is 1. The lowest BCUT2D eigenvalue weighted by atomic mass is 10.0. The molecule has 4 heterocycles. The number of carbonyl (C=O) groups excluding carboxylic acids is 2. The third-order valence-electron chi connectivity index (χ3n) is 5.88. The fourth-order valence-electron chi connectivity index (χ4n) is 4.17. The number of H-pyrrole nitrogens is 1. The minimum Gasteiger partial charge on any atom is -0.472 e. The number of aromatic amines is 1. The van der Waals surface area contributed by atoms with E-state index in [0.29, 0.717) is 43.9 Å². The first-order valence-electron chi connectivity index (χ1n) is 10.2. The number of fused-ring (bicyclic) bond motifs is 1. The van der Waals surface area contributed by atoms with Crippen molar-refractivity contribution in [3.05, 3.63) is 71.4 Å². The Hall–Kier alpha value is -3.55. The maximum atomic E-state index is 13.2. The number of piperazine rings is 1. The highest BCUT2D eigenvalue weighted by Gasteiger charge is 2.31. The number of rotatable bonds is 3. The number of carbonyl (C=O) groups is 2. The first-order chi connectivity index (χ1) is 14.7. The van der Waals surface area contributed by atoms with Gasteiger partial charge in [0.1, 0.15) is 6.26 Å². The lowest BCUT2D eigenvalue weighted by Gasteiger charge is -2.36. The van der Waals surface area contributed by atoms with Gasteiger partial charge in [0.2, 0.25) is 0 Å². The van der Waals surface area contributed by atoms with Gasteiger partial charge in [0.15, 0.2) is 5.69 Å². The summed E-state index contributed by atoms with van der Waals surface area (Å²) in [5.74, 6) is -0.164. The van der Waals surface area contributed by atoms with Crippen molar-refractivity contribution in [2.45, 2.75) is 13.0 Å². The van der Waals surface area contributed by atoms with E-state index in [9.17, 15) is 9.59 Å². The van der Waals surface area contributed by atoms with Gasteiger partial charge in [-0.15, -0.1) is 0 Å². The molecule has 154 valence electrons. The van der Waals surface area contributed by atoms with E-state index in [4.69, 9.17) is 4.42 Å². The molecule has 8 nitrogen and oxygen atoms in total. The molecule has 1 saturated heterocycles. The quantitative estimate of drug-likeness (QED) is 0.722. The number of benzene rings is 1. The van der Waals surface area contributed by atoms with Gasteiger partial charge in [-0.3, -0.25) is 14.7 Å². The van der Waals surface area contributed by atoms with Crippen LogP contribution in [-0.4, -0.2) is 64.5 Å². The van der Waals surface area contributed by atoms with E-state index in [1.165, 1.54) is 18.2 Å². The highest BCUT2D eigenvalue weighted by atomic mass is 16.3. The number of aromatic nitrogens is 2. The smallest absolute Gasteiger partial charge is 0.274 e. The molecular weight excluding hydrogens is 382 g/mol. The normalized spacial score (nSPS) is 16.5. The van der Waals surface area contributed by atoms with Gasteiger partial charge in [-0.25, -0.2) is 0 Å². The fraction of sp³-hybridized carbons (Fsp3) is 0.318. The maximum absolute atomic E-state index is 13.2. The minimum atomic E-state index is -0.0922. The molecule has 0 spiro atoms. The van der Waals surface area contributed by atoms with Gasteiger partial charge in [0, 0.05) is 56.1 Å². The molecule has 0 saturated carbocycles. The van der Waals surface area contributed by atoms with Crippen LogP contribution in [0.5, 0.6) is 0 Å². The van der Waals surface area contributed by atoms with Crippen LogP contribution in [0.3, 0.4) is 0 Å². The van der Waals surface area contributed by atoms with Gasteiger partial charge in [0.25, 0.3) is 11.8 Å². The largest absolute Gasteiger partial charge is 0.472 e. The Morgan fingerprint density at radius 3 is 2.47 bits per heavy atom. The minimum absolute atomic E-state index is 0.0715. The summed E-state index contributed by atoms with van der Waals surface area (Å²) < 4.78 is 5.03. The molecule has 0 bridgehead atoms. The number of furan rings is 1. The Labute approximate surface area is 174 Å². The van der Waals surface area contributed by atoms with Crippen molar-refractivity contribution in [1.29, 1.82) is 0 Å². The summed E-state index contributed by atoms with van der Waals surface area (Å²) in [6.45, 7) is 3.82. The van der Waals surface area contributed by atoms with Gasteiger partial charge in [-0.05, 0) is 18.2 Å². The first-order valence-corrected chi connectivity index (χ1v) is 10.2. The SMILES string of the molecule is O=C(c1ccoc1)N1CCc2[nH]nc(C(=O)N3CCN(c4ccccc4)CC3)c2C1. The zero-order chi connectivity index (χ0) is 20.5. The third-order valence-corrected chi connectivity index (χ3v) is 5.88. The zero-order valence-electron chi connectivity index (χ0n) is 16.6. The summed E-state index contributed by atoms with van der Waals surface area (Å²) in [5.41, 5.74) is 3.90. The van der Waals surface area contributed by atoms with Crippen molar-refractivity contribution in [2.24, 2.45) is 0 Å². The van der Waals surface area contributed by atoms with Crippen LogP contribution in [0.4, 0.5) is 5.69 Å². The molecule has 3 aromatic rings. The van der Waals surface area contributed by atoms with Crippen LogP contribution in [0, 0.1) is 0 Å². The third kappa shape index (κ3) is 3.34. The van der Waals surface area contributed by atoms with Gasteiger partial charge in [0.05, 0.1) is 18.4 Å². The van der Waals surface area contributed by atoms with Crippen molar-refractivity contribution in [3.63, 3.8) is 0 Å². The molecule has 2 aromatic heterocycles. The molecule has 2 aliphatic heterocycles. The van der Waals surface area contributed by atoms with Crippen LogP contribution in [0.1, 0.15) is 32.1 Å². The van der Waals surface area contributed by atoms with Crippen LogP contribution in [0.2, 0.25) is 0 Å². The molecule has 1 N–H and O–H groups in total. The molecule has 1 fully saturated rings. The van der Waals surface area contributed by atoms with Crippen LogP contribution in [0.15, 0.2) is 53.3 Å². The average molecular weight is 405 g/mol. The number of hydrogen-bond acceptors (Lipinski definition) is 5. The first kappa shape index (κ1) is 18.5. The van der Waals surface area contributed by atoms with Crippen LogP contribution < -0.4 is 4.90 Å². The molecular formula is C22H23N5O3. The molecule has 0 unspecified atom stereocenters. The predicted molar refractivity (Wildman–Crippen MR) is 110 cm³/mol. The van der Waals surface area contributed by atoms with Gasteiger partial charge in [-0.2, -0.15) is 5.10 Å². The van der Waals surface area contributed by atoms with Crippen molar-refractivity contribution in [1.82, 2.24) is 20.0 Å². The van der Waals surface area contributed by atoms with Gasteiger partial charge in [-0.1, -0.05) is 18.2 Å². The molecule has 0 aliphatic carbocycles. The van der Waals surface area contributed by atoms with Crippen molar-refractivity contribution >= 4 is 17.5 Å². The lowest BCUT2D eigenvalue weighted by Crippen LogP contribution is -2.49. The molecule has 2 aliphatic rings. The molecule has 0 atom stereocenters. The highest BCUT2D eigenvalue weighted by Crippen LogP contribution is 2.24. The Bertz CT molecular complexity index is 1040. The van der Waals surface area contributed by atoms with Crippen LogP contribution >= 0.6 is 0 Å². The Morgan fingerprint density at radius 2 is 1.73 bits per heavy atom. The Kier molecular flexibility index (Phi) is 4.74. The molecule has 2 amide bonds. The fourth-order valence-corrected chi connectivity index (χ4v) is 4.17. The average Bonchev–Trinajstić information content (AvgIpc) is 3.49. The summed E-state index contributed by atoms with van der Waals surface area (Å²) in [4.78, 5) is 31.8. The second-order valence-electron chi connectivity index (χ2n) is 7.63. The number of anilines is 1. The van der Waals surface area contributed by atoms with E-state index in [0.717, 1.165) is 24.3 Å². The van der Waals surface area contributed by atoms with E-state index >= 15 is 0 Å². The summed E-state index contributed by atoms with van der Waals surface area (Å²) >= 11 is 0. The summed E-state index contributed by atoms with van der Waals surface area (Å²) in [6.07, 6.45) is 3.59.